The third kappa shape index (κ3) is 4.28. The zero-order valence-electron chi connectivity index (χ0n) is 13.5. The summed E-state index contributed by atoms with van der Waals surface area (Å²) in [6.07, 6.45) is 9.68. The number of hydrogen-bond donors (Lipinski definition) is 2. The number of amides is 1. The summed E-state index contributed by atoms with van der Waals surface area (Å²) in [6, 6.07) is 6.55. The topological polar surface area (TPSA) is 66.9 Å². The first-order chi connectivity index (χ1) is 11.7. The van der Waals surface area contributed by atoms with Gasteiger partial charge < -0.3 is 10.6 Å². The van der Waals surface area contributed by atoms with Gasteiger partial charge in [-0.15, -0.1) is 0 Å². The van der Waals surface area contributed by atoms with Crippen LogP contribution in [-0.2, 0) is 0 Å². The van der Waals surface area contributed by atoms with Gasteiger partial charge in [-0.05, 0) is 25.0 Å². The molecule has 0 unspecified atom stereocenters. The van der Waals surface area contributed by atoms with Crippen molar-refractivity contribution in [1.29, 1.82) is 0 Å². The highest BCUT2D eigenvalue weighted by molar-refractivity contribution is 5.92. The normalized spacial score (nSPS) is 15.5. The van der Waals surface area contributed by atoms with E-state index in [1.165, 1.54) is 31.3 Å². The van der Waals surface area contributed by atoms with Crippen LogP contribution >= 0.6 is 0 Å². The highest BCUT2D eigenvalue weighted by atomic mass is 19.1. The standard InChI is InChI=1S/C18H21FN4O/c19-14-9-5-6-10-15(14)23-17-12-20-16(11-21-17)18(24)22-13-7-3-1-2-4-8-13/h5-6,9-13H,1-4,7-8H2,(H,21,23)(H,22,24). The molecule has 0 saturated heterocycles. The van der Waals surface area contributed by atoms with Crippen LogP contribution in [0.15, 0.2) is 36.7 Å². The van der Waals surface area contributed by atoms with Crippen LogP contribution in [-0.4, -0.2) is 21.9 Å². The van der Waals surface area contributed by atoms with Gasteiger partial charge in [0, 0.05) is 6.04 Å². The van der Waals surface area contributed by atoms with Crippen LogP contribution in [0.1, 0.15) is 49.0 Å². The van der Waals surface area contributed by atoms with Gasteiger partial charge in [-0.1, -0.05) is 37.8 Å². The van der Waals surface area contributed by atoms with Crippen LogP contribution in [0.3, 0.4) is 0 Å². The predicted molar refractivity (Wildman–Crippen MR) is 90.7 cm³/mol. The number of nitrogens with zero attached hydrogens (tertiary/aromatic N) is 2. The summed E-state index contributed by atoms with van der Waals surface area (Å²) >= 11 is 0. The van der Waals surface area contributed by atoms with Gasteiger partial charge in [0.15, 0.2) is 0 Å². The molecule has 1 saturated carbocycles. The number of para-hydroxylation sites is 1. The van der Waals surface area contributed by atoms with E-state index in [1.807, 2.05) is 0 Å². The van der Waals surface area contributed by atoms with E-state index in [2.05, 4.69) is 20.6 Å². The molecule has 0 aliphatic heterocycles. The Hall–Kier alpha value is -2.50. The van der Waals surface area contributed by atoms with Gasteiger partial charge in [0.2, 0.25) is 0 Å². The van der Waals surface area contributed by atoms with E-state index in [-0.39, 0.29) is 23.5 Å². The van der Waals surface area contributed by atoms with Crippen LogP contribution in [0.5, 0.6) is 0 Å². The molecule has 1 aliphatic carbocycles. The number of benzene rings is 1. The molecule has 24 heavy (non-hydrogen) atoms. The number of nitrogens with one attached hydrogen (secondary N) is 2. The predicted octanol–water partition coefficient (Wildman–Crippen LogP) is 3.81. The van der Waals surface area contributed by atoms with Gasteiger partial charge in [0.05, 0.1) is 18.1 Å². The maximum atomic E-state index is 13.6. The molecule has 2 N–H and O–H groups in total. The first-order valence-electron chi connectivity index (χ1n) is 8.37. The number of rotatable bonds is 4. The molecule has 1 aromatic heterocycles. The highest BCUT2D eigenvalue weighted by Gasteiger charge is 2.16. The molecule has 0 spiro atoms. The molecule has 126 valence electrons. The molecule has 0 radical (unpaired) electrons. The Morgan fingerprint density at radius 2 is 1.79 bits per heavy atom. The van der Waals surface area contributed by atoms with Crippen molar-refractivity contribution in [2.24, 2.45) is 0 Å². The van der Waals surface area contributed by atoms with Crippen molar-refractivity contribution in [2.45, 2.75) is 44.6 Å². The van der Waals surface area contributed by atoms with E-state index in [1.54, 1.807) is 18.2 Å². The van der Waals surface area contributed by atoms with Crippen molar-refractivity contribution >= 4 is 17.4 Å². The molecule has 1 aliphatic rings. The zero-order valence-corrected chi connectivity index (χ0v) is 13.5. The van der Waals surface area contributed by atoms with Crippen molar-refractivity contribution in [3.63, 3.8) is 0 Å². The van der Waals surface area contributed by atoms with E-state index >= 15 is 0 Å². The fraction of sp³-hybridized carbons (Fsp3) is 0.389. The van der Waals surface area contributed by atoms with Crippen LogP contribution in [0.2, 0.25) is 0 Å². The summed E-state index contributed by atoms with van der Waals surface area (Å²) in [7, 11) is 0. The lowest BCUT2D eigenvalue weighted by molar-refractivity contribution is 0.0928. The molecular weight excluding hydrogens is 307 g/mol. The quantitative estimate of drug-likeness (QED) is 0.838. The Bertz CT molecular complexity index is 682. The number of hydrogen-bond acceptors (Lipinski definition) is 4. The van der Waals surface area contributed by atoms with Gasteiger partial charge in [0.1, 0.15) is 17.3 Å². The number of carbonyl (C=O) groups is 1. The Kier molecular flexibility index (Phi) is 5.36. The summed E-state index contributed by atoms with van der Waals surface area (Å²) in [5, 5.41) is 5.88. The first-order valence-corrected chi connectivity index (χ1v) is 8.37. The SMILES string of the molecule is O=C(NC1CCCCCC1)c1cnc(Nc2ccccc2F)cn1. The summed E-state index contributed by atoms with van der Waals surface area (Å²) in [5.41, 5.74) is 0.598. The fourth-order valence-corrected chi connectivity index (χ4v) is 2.89. The minimum absolute atomic E-state index is 0.202. The van der Waals surface area contributed by atoms with E-state index in [0.717, 1.165) is 25.7 Å². The molecule has 3 rings (SSSR count). The average Bonchev–Trinajstić information content (AvgIpc) is 2.86. The van der Waals surface area contributed by atoms with E-state index in [4.69, 9.17) is 0 Å². The number of aromatic nitrogens is 2. The smallest absolute Gasteiger partial charge is 0.271 e. The third-order valence-corrected chi connectivity index (χ3v) is 4.21. The van der Waals surface area contributed by atoms with Crippen molar-refractivity contribution in [3.8, 4) is 0 Å². The minimum atomic E-state index is -0.366. The largest absolute Gasteiger partial charge is 0.348 e. The van der Waals surface area contributed by atoms with Crippen molar-refractivity contribution in [2.75, 3.05) is 5.32 Å². The monoisotopic (exact) mass is 328 g/mol. The first kappa shape index (κ1) is 16.4. The summed E-state index contributed by atoms with van der Waals surface area (Å²) in [4.78, 5) is 20.5. The van der Waals surface area contributed by atoms with Crippen molar-refractivity contribution in [1.82, 2.24) is 15.3 Å². The lowest BCUT2D eigenvalue weighted by atomic mass is 10.1. The van der Waals surface area contributed by atoms with Crippen LogP contribution in [0.4, 0.5) is 15.9 Å². The van der Waals surface area contributed by atoms with Gasteiger partial charge >= 0.3 is 0 Å². The molecule has 1 amide bonds. The molecular formula is C18H21FN4O. The van der Waals surface area contributed by atoms with Gasteiger partial charge in [-0.2, -0.15) is 0 Å². The third-order valence-electron chi connectivity index (χ3n) is 4.21. The molecule has 2 aromatic rings. The van der Waals surface area contributed by atoms with Gasteiger partial charge in [0.25, 0.3) is 5.91 Å². The minimum Gasteiger partial charge on any atom is -0.348 e. The molecule has 0 bridgehead atoms. The molecule has 1 fully saturated rings. The number of carbonyl (C=O) groups excluding carboxylic acids is 1. The van der Waals surface area contributed by atoms with Gasteiger partial charge in [-0.3, -0.25) is 4.79 Å². The number of halogens is 1. The zero-order chi connectivity index (χ0) is 16.8. The molecule has 5 nitrogen and oxygen atoms in total. The molecule has 6 heteroatoms. The van der Waals surface area contributed by atoms with Gasteiger partial charge in [-0.25, -0.2) is 14.4 Å². The molecule has 1 heterocycles. The molecule has 1 aromatic carbocycles. The Labute approximate surface area is 140 Å². The fourth-order valence-electron chi connectivity index (χ4n) is 2.89. The lowest BCUT2D eigenvalue weighted by Crippen LogP contribution is -2.34. The Morgan fingerprint density at radius 1 is 1.04 bits per heavy atom. The maximum Gasteiger partial charge on any atom is 0.271 e. The molecule has 0 atom stereocenters. The van der Waals surface area contributed by atoms with E-state index in [0.29, 0.717) is 11.5 Å². The number of anilines is 2. The summed E-state index contributed by atoms with van der Waals surface area (Å²) in [5.74, 6) is -0.174. The van der Waals surface area contributed by atoms with Crippen molar-refractivity contribution < 1.29 is 9.18 Å². The second-order valence-electron chi connectivity index (χ2n) is 6.05. The van der Waals surface area contributed by atoms with Crippen molar-refractivity contribution in [3.05, 3.63) is 48.2 Å². The van der Waals surface area contributed by atoms with Crippen LogP contribution < -0.4 is 10.6 Å². The maximum absolute atomic E-state index is 13.6. The van der Waals surface area contributed by atoms with Crippen LogP contribution in [0, 0.1) is 5.82 Å². The summed E-state index contributed by atoms with van der Waals surface area (Å²) < 4.78 is 13.6. The highest BCUT2D eigenvalue weighted by Crippen LogP contribution is 2.18. The second kappa shape index (κ2) is 7.86. The average molecular weight is 328 g/mol. The second-order valence-corrected chi connectivity index (χ2v) is 6.05. The van der Waals surface area contributed by atoms with E-state index < -0.39 is 0 Å². The van der Waals surface area contributed by atoms with Crippen LogP contribution in [0.25, 0.3) is 0 Å². The Balaban J connectivity index is 1.61. The van der Waals surface area contributed by atoms with E-state index in [9.17, 15) is 9.18 Å². The Morgan fingerprint density at radius 3 is 2.46 bits per heavy atom. The lowest BCUT2D eigenvalue weighted by Gasteiger charge is -2.15. The summed E-state index contributed by atoms with van der Waals surface area (Å²) in [6.45, 7) is 0.